The van der Waals surface area contributed by atoms with Gasteiger partial charge in [0.05, 0.1) is 25.5 Å². The number of carbonyl (C=O) groups excluding carboxylic acids is 2. The van der Waals surface area contributed by atoms with Crippen molar-refractivity contribution in [3.05, 3.63) is 5.82 Å². The zero-order valence-electron chi connectivity index (χ0n) is 16.0. The molecule has 1 aromatic rings. The number of carbonyl (C=O) groups is 2. The van der Waals surface area contributed by atoms with Gasteiger partial charge in [0.15, 0.2) is 5.82 Å². The van der Waals surface area contributed by atoms with Crippen molar-refractivity contribution >= 4 is 52.0 Å². The predicted molar refractivity (Wildman–Crippen MR) is 113 cm³/mol. The van der Waals surface area contributed by atoms with Crippen LogP contribution >= 0.6 is 24.0 Å². The molecule has 0 saturated carbocycles. The molecule has 0 atom stereocenters. The third kappa shape index (κ3) is 4.93. The van der Waals surface area contributed by atoms with Gasteiger partial charge in [-0.3, -0.25) is 14.5 Å². The summed E-state index contributed by atoms with van der Waals surface area (Å²) >= 11 is 6.39. The van der Waals surface area contributed by atoms with E-state index < -0.39 is 0 Å². The quantitative estimate of drug-likeness (QED) is 0.601. The van der Waals surface area contributed by atoms with E-state index in [1.54, 1.807) is 0 Å². The average Bonchev–Trinajstić information content (AvgIpc) is 3.39. The Morgan fingerprint density at radius 1 is 1.07 bits per heavy atom. The van der Waals surface area contributed by atoms with Crippen LogP contribution in [0.5, 0.6) is 0 Å². The summed E-state index contributed by atoms with van der Waals surface area (Å²) in [6.45, 7) is 4.65. The van der Waals surface area contributed by atoms with Gasteiger partial charge < -0.3 is 19.9 Å². The van der Waals surface area contributed by atoms with Gasteiger partial charge in [0.25, 0.3) is 0 Å². The van der Waals surface area contributed by atoms with Crippen molar-refractivity contribution in [3.8, 4) is 0 Å². The molecule has 3 saturated heterocycles. The van der Waals surface area contributed by atoms with Crippen LogP contribution in [-0.4, -0.2) is 87.7 Å². The zero-order valence-corrected chi connectivity index (χ0v) is 17.6. The van der Waals surface area contributed by atoms with Gasteiger partial charge >= 0.3 is 0 Å². The Labute approximate surface area is 178 Å². The molecular formula is C17H23N7O3S2. The maximum absolute atomic E-state index is 12.3. The van der Waals surface area contributed by atoms with Gasteiger partial charge in [-0.15, -0.1) is 0 Å². The first-order valence-corrected chi connectivity index (χ1v) is 11.1. The number of thioether (sulfide) groups is 1. The number of rotatable bonds is 6. The highest BCUT2D eigenvalue weighted by molar-refractivity contribution is 8.23. The maximum Gasteiger partial charge on any atom is 0.240 e. The molecule has 0 aliphatic carbocycles. The number of thiocarbonyl (C=S) groups is 1. The SMILES string of the molecule is O=C(CN1C(=O)CSC1=S)NCc1nc(N2CCCC2)nc(N2CCOCC2)n1. The summed E-state index contributed by atoms with van der Waals surface area (Å²) in [5, 5.41) is 2.80. The fraction of sp³-hybridized carbons (Fsp3) is 0.647. The fourth-order valence-electron chi connectivity index (χ4n) is 3.35. The first kappa shape index (κ1) is 20.2. The third-order valence-electron chi connectivity index (χ3n) is 4.93. The summed E-state index contributed by atoms with van der Waals surface area (Å²) in [4.78, 5) is 43.4. The molecule has 12 heteroatoms. The molecular weight excluding hydrogens is 414 g/mol. The van der Waals surface area contributed by atoms with Crippen LogP contribution in [0.15, 0.2) is 0 Å². The lowest BCUT2D eigenvalue weighted by molar-refractivity contribution is -0.129. The number of hydrogen-bond donors (Lipinski definition) is 1. The number of amides is 2. The van der Waals surface area contributed by atoms with Crippen molar-refractivity contribution < 1.29 is 14.3 Å². The molecule has 1 N–H and O–H groups in total. The van der Waals surface area contributed by atoms with Gasteiger partial charge in [0.2, 0.25) is 23.7 Å². The summed E-state index contributed by atoms with van der Waals surface area (Å²) in [5.41, 5.74) is 0. The van der Waals surface area contributed by atoms with Crippen LogP contribution < -0.4 is 15.1 Å². The summed E-state index contributed by atoms with van der Waals surface area (Å²) in [6, 6.07) is 0. The van der Waals surface area contributed by atoms with E-state index in [0.29, 0.717) is 41.0 Å². The number of hydrogen-bond acceptors (Lipinski definition) is 10. The molecule has 10 nitrogen and oxygen atoms in total. The number of nitrogens with zero attached hydrogens (tertiary/aromatic N) is 6. The second-order valence-corrected chi connectivity index (χ2v) is 8.57. The van der Waals surface area contributed by atoms with E-state index in [4.69, 9.17) is 17.0 Å². The highest BCUT2D eigenvalue weighted by Crippen LogP contribution is 2.20. The fourth-order valence-corrected chi connectivity index (χ4v) is 4.42. The number of morpholine rings is 1. The molecule has 29 heavy (non-hydrogen) atoms. The average molecular weight is 438 g/mol. The topological polar surface area (TPSA) is 104 Å². The maximum atomic E-state index is 12.3. The molecule has 0 spiro atoms. The predicted octanol–water partition coefficient (Wildman–Crippen LogP) is -0.215. The van der Waals surface area contributed by atoms with Crippen molar-refractivity contribution in [3.63, 3.8) is 0 Å². The third-order valence-corrected chi connectivity index (χ3v) is 6.36. The van der Waals surface area contributed by atoms with E-state index in [2.05, 4.69) is 30.1 Å². The first-order chi connectivity index (χ1) is 14.1. The number of nitrogens with one attached hydrogen (secondary N) is 1. The van der Waals surface area contributed by atoms with Crippen LogP contribution in [0.1, 0.15) is 18.7 Å². The summed E-state index contributed by atoms with van der Waals surface area (Å²) < 4.78 is 5.86. The van der Waals surface area contributed by atoms with Crippen LogP contribution in [0, 0.1) is 0 Å². The van der Waals surface area contributed by atoms with Crippen molar-refractivity contribution in [2.45, 2.75) is 19.4 Å². The van der Waals surface area contributed by atoms with Gasteiger partial charge in [-0.1, -0.05) is 24.0 Å². The lowest BCUT2D eigenvalue weighted by Crippen LogP contribution is -2.40. The van der Waals surface area contributed by atoms with Gasteiger partial charge in [-0.25, -0.2) is 0 Å². The van der Waals surface area contributed by atoms with Crippen molar-refractivity contribution in [2.24, 2.45) is 0 Å². The Bertz CT molecular complexity index is 781. The lowest BCUT2D eigenvalue weighted by Gasteiger charge is -2.28. The Kier molecular flexibility index (Phi) is 6.40. The van der Waals surface area contributed by atoms with Crippen LogP contribution in [0.4, 0.5) is 11.9 Å². The van der Waals surface area contributed by atoms with Crippen LogP contribution in [0.3, 0.4) is 0 Å². The van der Waals surface area contributed by atoms with E-state index in [0.717, 1.165) is 39.0 Å². The molecule has 1 aromatic heterocycles. The smallest absolute Gasteiger partial charge is 0.240 e. The Morgan fingerprint density at radius 3 is 2.34 bits per heavy atom. The zero-order chi connectivity index (χ0) is 20.2. The monoisotopic (exact) mass is 437 g/mol. The van der Waals surface area contributed by atoms with E-state index in [1.807, 2.05) is 0 Å². The van der Waals surface area contributed by atoms with Gasteiger partial charge in [0, 0.05) is 26.2 Å². The van der Waals surface area contributed by atoms with Crippen molar-refractivity contribution in [2.75, 3.05) is 61.5 Å². The van der Waals surface area contributed by atoms with E-state index >= 15 is 0 Å². The van der Waals surface area contributed by atoms with Gasteiger partial charge in [0.1, 0.15) is 10.9 Å². The minimum atomic E-state index is -0.292. The summed E-state index contributed by atoms with van der Waals surface area (Å²) in [5.74, 6) is 1.63. The van der Waals surface area contributed by atoms with Crippen molar-refractivity contribution in [1.82, 2.24) is 25.2 Å². The minimum absolute atomic E-state index is 0.0783. The van der Waals surface area contributed by atoms with Crippen LogP contribution in [0.25, 0.3) is 0 Å². The molecule has 0 aromatic carbocycles. The minimum Gasteiger partial charge on any atom is -0.378 e. The Hall–Kier alpha value is -2.05. The first-order valence-electron chi connectivity index (χ1n) is 9.66. The molecule has 0 bridgehead atoms. The molecule has 4 rings (SSSR count). The molecule has 0 radical (unpaired) electrons. The molecule has 156 valence electrons. The number of ether oxygens (including phenoxy) is 1. The van der Waals surface area contributed by atoms with Crippen LogP contribution in [0.2, 0.25) is 0 Å². The van der Waals surface area contributed by atoms with E-state index in [-0.39, 0.29) is 24.9 Å². The van der Waals surface area contributed by atoms with Crippen molar-refractivity contribution in [1.29, 1.82) is 0 Å². The normalized spacial score (nSPS) is 19.9. The second kappa shape index (κ2) is 9.18. The molecule has 2 amide bonds. The molecule has 3 aliphatic rings. The lowest BCUT2D eigenvalue weighted by atomic mass is 10.4. The molecule has 4 heterocycles. The van der Waals surface area contributed by atoms with E-state index in [9.17, 15) is 9.59 Å². The highest BCUT2D eigenvalue weighted by Gasteiger charge is 2.28. The Balaban J connectivity index is 1.45. The number of aromatic nitrogens is 3. The summed E-state index contributed by atoms with van der Waals surface area (Å²) in [6.07, 6.45) is 2.23. The summed E-state index contributed by atoms with van der Waals surface area (Å²) in [7, 11) is 0. The highest BCUT2D eigenvalue weighted by atomic mass is 32.2. The largest absolute Gasteiger partial charge is 0.378 e. The molecule has 3 fully saturated rings. The van der Waals surface area contributed by atoms with Gasteiger partial charge in [-0.05, 0) is 12.8 Å². The number of anilines is 2. The standard InChI is InChI=1S/C17H23N7O3S2/c25-13(10-24-14(26)11-29-17(24)28)18-9-12-19-15(22-3-1-2-4-22)21-16(20-12)23-5-7-27-8-6-23/h1-11H2,(H,18,25). The second-order valence-electron chi connectivity index (χ2n) is 6.96. The molecule has 3 aliphatic heterocycles. The Morgan fingerprint density at radius 2 is 1.72 bits per heavy atom. The van der Waals surface area contributed by atoms with E-state index in [1.165, 1.54) is 16.7 Å². The van der Waals surface area contributed by atoms with Crippen LogP contribution in [-0.2, 0) is 20.9 Å². The molecule has 0 unspecified atom stereocenters. The van der Waals surface area contributed by atoms with Gasteiger partial charge in [-0.2, -0.15) is 15.0 Å².